The maximum absolute atomic E-state index is 12.4. The van der Waals surface area contributed by atoms with E-state index in [1.807, 2.05) is 19.1 Å². The molecule has 0 bridgehead atoms. The number of rotatable bonds is 8. The molecule has 0 aromatic heterocycles. The summed E-state index contributed by atoms with van der Waals surface area (Å²) in [6.45, 7) is 6.10. The second-order valence-corrected chi connectivity index (χ2v) is 5.75. The van der Waals surface area contributed by atoms with Gasteiger partial charge in [-0.25, -0.2) is 0 Å². The molecular weight excluding hydrogens is 272 g/mol. The molecule has 20 heavy (non-hydrogen) atoms. The monoisotopic (exact) mass is 294 g/mol. The van der Waals surface area contributed by atoms with Crippen molar-refractivity contribution in [1.82, 2.24) is 0 Å². The highest BCUT2D eigenvalue weighted by atomic mass is 32.2. The fourth-order valence-corrected chi connectivity index (χ4v) is 2.63. The van der Waals surface area contributed by atoms with Crippen molar-refractivity contribution in [3.8, 4) is 0 Å². The van der Waals surface area contributed by atoms with Crippen LogP contribution in [0.25, 0.3) is 0 Å². The van der Waals surface area contributed by atoms with Crippen LogP contribution in [0.4, 0.5) is 0 Å². The van der Waals surface area contributed by atoms with Crippen LogP contribution in [-0.2, 0) is 9.53 Å². The van der Waals surface area contributed by atoms with E-state index in [0.717, 1.165) is 17.1 Å². The van der Waals surface area contributed by atoms with E-state index in [9.17, 15) is 9.59 Å². The highest BCUT2D eigenvalue weighted by molar-refractivity contribution is 7.99. The van der Waals surface area contributed by atoms with E-state index < -0.39 is 11.9 Å². The minimum absolute atomic E-state index is 0.140. The van der Waals surface area contributed by atoms with Crippen molar-refractivity contribution in [2.24, 2.45) is 5.92 Å². The Bertz CT molecular complexity index is 440. The second kappa shape index (κ2) is 8.80. The fraction of sp³-hybridized carbons (Fsp3) is 0.500. The number of benzene rings is 1. The summed E-state index contributed by atoms with van der Waals surface area (Å²) in [5, 5.41) is 0. The van der Waals surface area contributed by atoms with Crippen molar-refractivity contribution < 1.29 is 14.3 Å². The summed E-state index contributed by atoms with van der Waals surface area (Å²) in [5.41, 5.74) is 0.581. The quantitative estimate of drug-likeness (QED) is 0.315. The highest BCUT2D eigenvalue weighted by Gasteiger charge is 2.27. The van der Waals surface area contributed by atoms with Crippen LogP contribution in [-0.4, -0.2) is 24.1 Å². The number of hydrogen-bond donors (Lipinski definition) is 0. The van der Waals surface area contributed by atoms with Gasteiger partial charge in [-0.3, -0.25) is 9.59 Å². The summed E-state index contributed by atoms with van der Waals surface area (Å²) >= 11 is 1.73. The lowest BCUT2D eigenvalue weighted by Gasteiger charge is -2.13. The summed E-state index contributed by atoms with van der Waals surface area (Å²) in [6, 6.07) is 7.44. The van der Waals surface area contributed by atoms with Gasteiger partial charge in [-0.2, -0.15) is 0 Å². The lowest BCUT2D eigenvalue weighted by Crippen LogP contribution is -2.26. The zero-order valence-electron chi connectivity index (χ0n) is 12.3. The van der Waals surface area contributed by atoms with Crippen LogP contribution >= 0.6 is 11.8 Å². The van der Waals surface area contributed by atoms with E-state index in [4.69, 9.17) is 4.74 Å². The molecule has 0 saturated heterocycles. The first-order valence-electron chi connectivity index (χ1n) is 7.07. The van der Waals surface area contributed by atoms with Gasteiger partial charge in [0.2, 0.25) is 0 Å². The number of Topliss-reactive ketones (excluding diaryl/α,β-unsaturated/α-hetero) is 1. The molecule has 0 radical (unpaired) electrons. The molecule has 0 amide bonds. The van der Waals surface area contributed by atoms with Gasteiger partial charge in [0.15, 0.2) is 5.78 Å². The van der Waals surface area contributed by atoms with Gasteiger partial charge < -0.3 is 4.74 Å². The van der Waals surface area contributed by atoms with Crippen LogP contribution in [0.2, 0.25) is 0 Å². The summed E-state index contributed by atoms with van der Waals surface area (Å²) in [5.74, 6) is -0.233. The first kappa shape index (κ1) is 16.8. The Morgan fingerprint density at radius 2 is 1.80 bits per heavy atom. The summed E-state index contributed by atoms with van der Waals surface area (Å²) in [4.78, 5) is 25.4. The normalized spacial score (nSPS) is 11.9. The number of carbonyl (C=O) groups excluding carboxylic acids is 2. The minimum Gasteiger partial charge on any atom is -0.465 e. The molecule has 0 saturated carbocycles. The molecule has 0 spiro atoms. The van der Waals surface area contributed by atoms with Crippen molar-refractivity contribution in [3.05, 3.63) is 29.8 Å². The molecule has 3 nitrogen and oxygen atoms in total. The van der Waals surface area contributed by atoms with E-state index in [0.29, 0.717) is 18.6 Å². The molecule has 1 rings (SSSR count). The first-order valence-corrected chi connectivity index (χ1v) is 8.06. The lowest BCUT2D eigenvalue weighted by molar-refractivity contribution is -0.146. The van der Waals surface area contributed by atoms with Gasteiger partial charge in [-0.1, -0.05) is 32.4 Å². The van der Waals surface area contributed by atoms with Gasteiger partial charge >= 0.3 is 5.97 Å². The Morgan fingerprint density at radius 3 is 2.30 bits per heavy atom. The van der Waals surface area contributed by atoms with Crippen LogP contribution in [0, 0.1) is 5.92 Å². The molecule has 1 unspecified atom stereocenters. The molecular formula is C16H22O3S. The number of thioether (sulfide) groups is 1. The molecule has 0 aliphatic heterocycles. The highest BCUT2D eigenvalue weighted by Crippen LogP contribution is 2.21. The lowest BCUT2D eigenvalue weighted by atomic mass is 9.93. The van der Waals surface area contributed by atoms with Crippen molar-refractivity contribution in [1.29, 1.82) is 0 Å². The zero-order valence-corrected chi connectivity index (χ0v) is 13.2. The maximum atomic E-state index is 12.4. The van der Waals surface area contributed by atoms with Crippen molar-refractivity contribution in [3.63, 3.8) is 0 Å². The molecule has 110 valence electrons. The summed E-state index contributed by atoms with van der Waals surface area (Å²) in [7, 11) is 0. The Balaban J connectivity index is 2.85. The van der Waals surface area contributed by atoms with Crippen LogP contribution in [0.15, 0.2) is 29.2 Å². The number of carbonyl (C=O) groups is 2. The largest absolute Gasteiger partial charge is 0.465 e. The molecule has 1 atom stereocenters. The Morgan fingerprint density at radius 1 is 1.15 bits per heavy atom. The molecule has 4 heteroatoms. The topological polar surface area (TPSA) is 43.4 Å². The Labute approximate surface area is 125 Å². The third kappa shape index (κ3) is 4.67. The molecule has 0 fully saturated rings. The van der Waals surface area contributed by atoms with Gasteiger partial charge in [0.25, 0.3) is 0 Å². The van der Waals surface area contributed by atoms with Gasteiger partial charge in [-0.05, 0) is 31.2 Å². The van der Waals surface area contributed by atoms with Crippen molar-refractivity contribution in [2.45, 2.75) is 38.5 Å². The van der Waals surface area contributed by atoms with Crippen LogP contribution in [0.1, 0.15) is 44.0 Å². The third-order valence-corrected chi connectivity index (χ3v) is 3.81. The van der Waals surface area contributed by atoms with Gasteiger partial charge in [0.1, 0.15) is 5.92 Å². The second-order valence-electron chi connectivity index (χ2n) is 4.41. The van der Waals surface area contributed by atoms with E-state index in [1.165, 1.54) is 0 Å². The molecule has 1 aromatic carbocycles. The van der Waals surface area contributed by atoms with Gasteiger partial charge in [-0.15, -0.1) is 11.8 Å². The Kier molecular flexibility index (Phi) is 7.37. The average Bonchev–Trinajstić information content (AvgIpc) is 2.45. The molecule has 0 aliphatic carbocycles. The zero-order chi connectivity index (χ0) is 15.0. The summed E-state index contributed by atoms with van der Waals surface area (Å²) in [6.07, 6.45) is 1.31. The standard InChI is InChI=1S/C16H22O3S/c1-4-7-14(16(18)19-5-2)15(17)12-8-10-13(11-9-12)20-6-3/h8-11,14H,4-7H2,1-3H3. The Hall–Kier alpha value is -1.29. The van der Waals surface area contributed by atoms with E-state index >= 15 is 0 Å². The van der Waals surface area contributed by atoms with Crippen LogP contribution < -0.4 is 0 Å². The molecule has 0 heterocycles. The SMILES string of the molecule is CCCC(C(=O)OCC)C(=O)c1ccc(SCC)cc1. The molecule has 0 N–H and O–H groups in total. The number of ketones is 1. The predicted molar refractivity (Wildman–Crippen MR) is 82.2 cm³/mol. The van der Waals surface area contributed by atoms with E-state index in [1.54, 1.807) is 30.8 Å². The smallest absolute Gasteiger partial charge is 0.316 e. The predicted octanol–water partition coefficient (Wildman–Crippen LogP) is 3.96. The molecule has 0 aliphatic rings. The number of hydrogen-bond acceptors (Lipinski definition) is 4. The number of ether oxygens (including phenoxy) is 1. The molecule has 1 aromatic rings. The van der Waals surface area contributed by atoms with Crippen LogP contribution in [0.5, 0.6) is 0 Å². The van der Waals surface area contributed by atoms with Crippen molar-refractivity contribution >= 4 is 23.5 Å². The van der Waals surface area contributed by atoms with E-state index in [-0.39, 0.29) is 5.78 Å². The maximum Gasteiger partial charge on any atom is 0.316 e. The average molecular weight is 294 g/mol. The van der Waals surface area contributed by atoms with Gasteiger partial charge in [0, 0.05) is 10.5 Å². The summed E-state index contributed by atoms with van der Waals surface area (Å²) < 4.78 is 5.00. The number of esters is 1. The minimum atomic E-state index is -0.676. The van der Waals surface area contributed by atoms with Crippen molar-refractivity contribution in [2.75, 3.05) is 12.4 Å². The van der Waals surface area contributed by atoms with Gasteiger partial charge in [0.05, 0.1) is 6.61 Å². The first-order chi connectivity index (χ1) is 9.63. The fourth-order valence-electron chi connectivity index (χ4n) is 1.97. The van der Waals surface area contributed by atoms with Crippen LogP contribution in [0.3, 0.4) is 0 Å². The van der Waals surface area contributed by atoms with E-state index in [2.05, 4.69) is 6.92 Å². The third-order valence-electron chi connectivity index (χ3n) is 2.91.